The molecule has 0 spiro atoms. The molecule has 0 aromatic heterocycles. The first kappa shape index (κ1) is 21.7. The smallest absolute Gasteiger partial charge is 0.312 e. The lowest BCUT2D eigenvalue weighted by atomic mass is 10.0. The Morgan fingerprint density at radius 3 is 1.93 bits per heavy atom. The molecule has 5 nitrogen and oxygen atoms in total. The number of esters is 1. The lowest BCUT2D eigenvalue weighted by molar-refractivity contribution is -0.133. The lowest BCUT2D eigenvalue weighted by Gasteiger charge is -2.07. The minimum atomic E-state index is -3.65. The van der Waals surface area contributed by atoms with Gasteiger partial charge in [-0.3, -0.25) is 9.59 Å². The second-order valence-electron chi connectivity index (χ2n) is 6.36. The molecule has 0 aliphatic carbocycles. The topological polar surface area (TPSA) is 77.5 Å². The number of benzene rings is 3. The van der Waals surface area contributed by atoms with Crippen LogP contribution in [0.4, 0.5) is 4.39 Å². The summed E-state index contributed by atoms with van der Waals surface area (Å²) < 4.78 is 42.6. The second-order valence-corrected chi connectivity index (χ2v) is 8.90. The van der Waals surface area contributed by atoms with E-state index >= 15 is 0 Å². The first-order valence-electron chi connectivity index (χ1n) is 8.84. The fraction of sp³-hybridized carbons (Fsp3) is 0.0909. The number of halogens is 2. The van der Waals surface area contributed by atoms with E-state index in [0.29, 0.717) is 16.1 Å². The van der Waals surface area contributed by atoms with E-state index in [-0.39, 0.29) is 22.8 Å². The van der Waals surface area contributed by atoms with Crippen LogP contribution in [0, 0.1) is 5.82 Å². The summed E-state index contributed by atoms with van der Waals surface area (Å²) in [5.74, 6) is -1.69. The van der Waals surface area contributed by atoms with Gasteiger partial charge in [0.25, 0.3) is 0 Å². The van der Waals surface area contributed by atoms with Crippen molar-refractivity contribution in [3.05, 3.63) is 94.8 Å². The Balaban J connectivity index is 1.58. The van der Waals surface area contributed by atoms with Gasteiger partial charge in [-0.05, 0) is 72.8 Å². The standard InChI is InChI=1S/C22H16ClFO5S/c23-17-5-11-20(12-6-17)30(27,28)14-13-21(25)29-19-9-3-16(4-10-19)22(26)15-1-7-18(24)8-2-15/h1-12H,13-14H2. The molecule has 0 fully saturated rings. The molecular formula is C22H16ClFO5S. The Labute approximate surface area is 178 Å². The molecule has 0 saturated carbocycles. The highest BCUT2D eigenvalue weighted by Crippen LogP contribution is 2.18. The highest BCUT2D eigenvalue weighted by molar-refractivity contribution is 7.91. The molecule has 0 N–H and O–H groups in total. The summed E-state index contributed by atoms with van der Waals surface area (Å²) >= 11 is 5.75. The van der Waals surface area contributed by atoms with Gasteiger partial charge >= 0.3 is 5.97 Å². The van der Waals surface area contributed by atoms with E-state index < -0.39 is 27.4 Å². The van der Waals surface area contributed by atoms with Crippen LogP contribution < -0.4 is 4.74 Å². The zero-order chi connectivity index (χ0) is 21.7. The van der Waals surface area contributed by atoms with Crippen LogP contribution in [0.2, 0.25) is 5.02 Å². The Kier molecular flexibility index (Phi) is 6.64. The minimum Gasteiger partial charge on any atom is -0.427 e. The van der Waals surface area contributed by atoms with Gasteiger partial charge in [-0.1, -0.05) is 11.6 Å². The second kappa shape index (κ2) is 9.19. The summed E-state index contributed by atoms with van der Waals surface area (Å²) in [5, 5.41) is 0.412. The van der Waals surface area contributed by atoms with Crippen molar-refractivity contribution in [2.45, 2.75) is 11.3 Å². The van der Waals surface area contributed by atoms with Crippen LogP contribution in [-0.4, -0.2) is 25.9 Å². The predicted molar refractivity (Wildman–Crippen MR) is 110 cm³/mol. The zero-order valence-electron chi connectivity index (χ0n) is 15.5. The SMILES string of the molecule is O=C(CCS(=O)(=O)c1ccc(Cl)cc1)Oc1ccc(C(=O)c2ccc(F)cc2)cc1. The van der Waals surface area contributed by atoms with E-state index in [2.05, 4.69) is 0 Å². The van der Waals surface area contributed by atoms with E-state index in [1.807, 2.05) is 0 Å². The zero-order valence-corrected chi connectivity index (χ0v) is 17.1. The van der Waals surface area contributed by atoms with Crippen LogP contribution in [0.25, 0.3) is 0 Å². The Bertz CT molecular complexity index is 1160. The van der Waals surface area contributed by atoms with Gasteiger partial charge in [0.1, 0.15) is 11.6 Å². The summed E-state index contributed by atoms with van der Waals surface area (Å²) in [6.45, 7) is 0. The van der Waals surface area contributed by atoms with Crippen molar-refractivity contribution >= 4 is 33.2 Å². The number of carbonyl (C=O) groups excluding carboxylic acids is 2. The molecule has 0 saturated heterocycles. The third-order valence-electron chi connectivity index (χ3n) is 4.20. The molecule has 0 heterocycles. The molecule has 0 radical (unpaired) electrons. The molecule has 0 amide bonds. The van der Waals surface area contributed by atoms with Crippen LogP contribution in [0.5, 0.6) is 5.75 Å². The van der Waals surface area contributed by atoms with Gasteiger partial charge < -0.3 is 4.74 Å². The third kappa shape index (κ3) is 5.52. The van der Waals surface area contributed by atoms with Gasteiger partial charge in [0, 0.05) is 16.1 Å². The molecule has 0 bridgehead atoms. The Hall–Kier alpha value is -3.03. The highest BCUT2D eigenvalue weighted by atomic mass is 35.5. The van der Waals surface area contributed by atoms with Crippen molar-refractivity contribution in [2.75, 3.05) is 5.75 Å². The van der Waals surface area contributed by atoms with E-state index in [0.717, 1.165) is 0 Å². The van der Waals surface area contributed by atoms with Crippen LogP contribution in [0.15, 0.2) is 77.7 Å². The molecule has 154 valence electrons. The van der Waals surface area contributed by atoms with Crippen molar-refractivity contribution in [2.24, 2.45) is 0 Å². The van der Waals surface area contributed by atoms with Gasteiger partial charge in [0.05, 0.1) is 17.1 Å². The monoisotopic (exact) mass is 446 g/mol. The molecule has 3 aromatic carbocycles. The maximum Gasteiger partial charge on any atom is 0.312 e. The maximum atomic E-state index is 13.0. The van der Waals surface area contributed by atoms with Gasteiger partial charge in [-0.2, -0.15) is 0 Å². The Morgan fingerprint density at radius 2 is 1.37 bits per heavy atom. The Morgan fingerprint density at radius 1 is 0.833 bits per heavy atom. The molecular weight excluding hydrogens is 431 g/mol. The number of carbonyl (C=O) groups is 2. The van der Waals surface area contributed by atoms with Crippen LogP contribution >= 0.6 is 11.6 Å². The lowest BCUT2D eigenvalue weighted by Crippen LogP contribution is -2.15. The molecule has 0 atom stereocenters. The number of sulfone groups is 1. The molecule has 0 aliphatic rings. The van der Waals surface area contributed by atoms with Gasteiger partial charge in [0.15, 0.2) is 15.6 Å². The first-order valence-corrected chi connectivity index (χ1v) is 10.9. The molecule has 3 rings (SSSR count). The minimum absolute atomic E-state index is 0.0726. The fourth-order valence-electron chi connectivity index (χ4n) is 2.60. The van der Waals surface area contributed by atoms with E-state index in [9.17, 15) is 22.4 Å². The largest absolute Gasteiger partial charge is 0.427 e. The maximum absolute atomic E-state index is 13.0. The number of ether oxygens (including phenoxy) is 1. The van der Waals surface area contributed by atoms with Gasteiger partial charge in [0.2, 0.25) is 0 Å². The number of hydrogen-bond acceptors (Lipinski definition) is 5. The average Bonchev–Trinajstić information content (AvgIpc) is 2.73. The van der Waals surface area contributed by atoms with E-state index in [1.165, 1.54) is 72.8 Å². The normalized spacial score (nSPS) is 11.1. The van der Waals surface area contributed by atoms with Crippen molar-refractivity contribution < 1.29 is 27.1 Å². The van der Waals surface area contributed by atoms with E-state index in [4.69, 9.17) is 16.3 Å². The third-order valence-corrected chi connectivity index (χ3v) is 6.19. The van der Waals surface area contributed by atoms with Gasteiger partial charge in [-0.15, -0.1) is 0 Å². The quantitative estimate of drug-likeness (QED) is 0.304. The molecule has 30 heavy (non-hydrogen) atoms. The van der Waals surface area contributed by atoms with Crippen LogP contribution in [0.3, 0.4) is 0 Å². The highest BCUT2D eigenvalue weighted by Gasteiger charge is 2.18. The number of rotatable bonds is 7. The van der Waals surface area contributed by atoms with Crippen LogP contribution in [-0.2, 0) is 14.6 Å². The van der Waals surface area contributed by atoms with E-state index in [1.54, 1.807) is 0 Å². The van der Waals surface area contributed by atoms with Crippen molar-refractivity contribution in [1.29, 1.82) is 0 Å². The summed E-state index contributed by atoms with van der Waals surface area (Å²) in [6, 6.07) is 16.6. The summed E-state index contributed by atoms with van der Waals surface area (Å²) in [5.41, 5.74) is 0.667. The van der Waals surface area contributed by atoms with Crippen LogP contribution in [0.1, 0.15) is 22.3 Å². The predicted octanol–water partition coefficient (Wildman–Crippen LogP) is 4.48. The number of ketones is 1. The summed E-state index contributed by atoms with van der Waals surface area (Å²) in [6.07, 6.45) is -0.332. The van der Waals surface area contributed by atoms with Gasteiger partial charge in [-0.25, -0.2) is 12.8 Å². The average molecular weight is 447 g/mol. The first-order chi connectivity index (χ1) is 14.2. The molecule has 0 aliphatic heterocycles. The summed E-state index contributed by atoms with van der Waals surface area (Å²) in [4.78, 5) is 24.4. The van der Waals surface area contributed by atoms with Crippen molar-refractivity contribution in [3.63, 3.8) is 0 Å². The summed E-state index contributed by atoms with van der Waals surface area (Å²) in [7, 11) is -3.65. The fourth-order valence-corrected chi connectivity index (χ4v) is 3.95. The van der Waals surface area contributed by atoms with Crippen molar-refractivity contribution in [1.82, 2.24) is 0 Å². The number of hydrogen-bond donors (Lipinski definition) is 0. The molecule has 8 heteroatoms. The molecule has 3 aromatic rings. The molecule has 0 unspecified atom stereocenters. The van der Waals surface area contributed by atoms with Crippen molar-refractivity contribution in [3.8, 4) is 5.75 Å².